The molecule has 0 saturated heterocycles. The van der Waals surface area contributed by atoms with Crippen LogP contribution >= 0.6 is 15.9 Å². The molecular weight excluding hydrogens is 299 g/mol. The molecular formula is C13H10BrFN2O. The van der Waals surface area contributed by atoms with Gasteiger partial charge in [-0.25, -0.2) is 9.37 Å². The summed E-state index contributed by atoms with van der Waals surface area (Å²) >= 11 is 3.23. The molecule has 1 heterocycles. The van der Waals surface area contributed by atoms with Crippen LogP contribution in [0.2, 0.25) is 0 Å². The zero-order chi connectivity index (χ0) is 13.1. The van der Waals surface area contributed by atoms with Crippen molar-refractivity contribution in [2.75, 3.05) is 5.32 Å². The number of nitrogens with one attached hydrogen (secondary N) is 1. The number of anilines is 1. The van der Waals surface area contributed by atoms with Crippen molar-refractivity contribution in [1.29, 1.82) is 0 Å². The van der Waals surface area contributed by atoms with Crippen molar-refractivity contribution in [1.82, 2.24) is 4.98 Å². The van der Waals surface area contributed by atoms with Crippen LogP contribution in [-0.4, -0.2) is 10.9 Å². The van der Waals surface area contributed by atoms with Gasteiger partial charge in [0.2, 0.25) is 0 Å². The number of aryl methyl sites for hydroxylation is 1. The van der Waals surface area contributed by atoms with Crippen molar-refractivity contribution >= 4 is 27.5 Å². The van der Waals surface area contributed by atoms with Gasteiger partial charge in [0.1, 0.15) is 11.5 Å². The molecule has 0 fully saturated rings. The molecule has 1 amide bonds. The number of halogens is 2. The summed E-state index contributed by atoms with van der Waals surface area (Å²) in [6.07, 6.45) is 1.52. The van der Waals surface area contributed by atoms with Gasteiger partial charge in [0.05, 0.1) is 5.69 Å². The maximum atomic E-state index is 13.5. The number of hydrogen-bond donors (Lipinski definition) is 1. The maximum absolute atomic E-state index is 13.5. The summed E-state index contributed by atoms with van der Waals surface area (Å²) in [5.41, 5.74) is 1.26. The van der Waals surface area contributed by atoms with E-state index in [1.54, 1.807) is 24.3 Å². The monoisotopic (exact) mass is 308 g/mol. The smallest absolute Gasteiger partial charge is 0.274 e. The summed E-state index contributed by atoms with van der Waals surface area (Å²) in [4.78, 5) is 15.8. The largest absolute Gasteiger partial charge is 0.318 e. The highest BCUT2D eigenvalue weighted by atomic mass is 79.9. The van der Waals surface area contributed by atoms with E-state index in [0.29, 0.717) is 0 Å². The van der Waals surface area contributed by atoms with E-state index in [9.17, 15) is 9.18 Å². The molecule has 1 aromatic carbocycles. The minimum Gasteiger partial charge on any atom is -0.318 e. The lowest BCUT2D eigenvalue weighted by Gasteiger charge is -2.06. The van der Waals surface area contributed by atoms with Crippen molar-refractivity contribution in [2.45, 2.75) is 6.92 Å². The summed E-state index contributed by atoms with van der Waals surface area (Å²) in [7, 11) is 0. The third-order valence-electron chi connectivity index (χ3n) is 2.33. The van der Waals surface area contributed by atoms with E-state index < -0.39 is 11.7 Å². The van der Waals surface area contributed by atoms with Gasteiger partial charge < -0.3 is 5.32 Å². The van der Waals surface area contributed by atoms with Gasteiger partial charge in [0.25, 0.3) is 5.91 Å². The molecule has 0 unspecified atom stereocenters. The third-order valence-corrected chi connectivity index (χ3v) is 2.80. The Morgan fingerprint density at radius 3 is 2.78 bits per heavy atom. The van der Waals surface area contributed by atoms with Crippen LogP contribution in [0.15, 0.2) is 41.0 Å². The van der Waals surface area contributed by atoms with Crippen molar-refractivity contribution in [3.63, 3.8) is 0 Å². The Bertz CT molecular complexity index is 584. The van der Waals surface area contributed by atoms with E-state index in [2.05, 4.69) is 26.2 Å². The molecule has 0 bridgehead atoms. The average molecular weight is 309 g/mol. The summed E-state index contributed by atoms with van der Waals surface area (Å²) in [5.74, 6) is -0.905. The molecule has 1 aromatic heterocycles. The van der Waals surface area contributed by atoms with Crippen LogP contribution in [0, 0.1) is 12.7 Å². The fourth-order valence-corrected chi connectivity index (χ4v) is 1.67. The van der Waals surface area contributed by atoms with E-state index in [-0.39, 0.29) is 11.4 Å². The lowest BCUT2D eigenvalue weighted by atomic mass is 10.2. The van der Waals surface area contributed by atoms with Crippen LogP contribution < -0.4 is 5.32 Å². The van der Waals surface area contributed by atoms with E-state index >= 15 is 0 Å². The van der Waals surface area contributed by atoms with Crippen LogP contribution in [0.1, 0.15) is 16.1 Å². The maximum Gasteiger partial charge on any atom is 0.274 e. The van der Waals surface area contributed by atoms with E-state index in [4.69, 9.17) is 0 Å². The third kappa shape index (κ3) is 2.92. The van der Waals surface area contributed by atoms with Crippen LogP contribution in [0.5, 0.6) is 0 Å². The number of hydrogen-bond acceptors (Lipinski definition) is 2. The molecule has 18 heavy (non-hydrogen) atoms. The Labute approximate surface area is 112 Å². The first-order valence-electron chi connectivity index (χ1n) is 5.25. The Hall–Kier alpha value is -1.75. The van der Waals surface area contributed by atoms with Crippen LogP contribution in [-0.2, 0) is 0 Å². The standard InChI is InChI=1S/C13H10BrFN2O/c1-8-2-4-10(15)12(6-8)17-13(18)11-5-3-9(14)7-16-11/h2-7H,1H3,(H,17,18). The summed E-state index contributed by atoms with van der Waals surface area (Å²) in [6, 6.07) is 7.80. The Kier molecular flexibility index (Phi) is 3.72. The van der Waals surface area contributed by atoms with Crippen molar-refractivity contribution in [3.05, 3.63) is 58.1 Å². The SMILES string of the molecule is Cc1ccc(F)c(NC(=O)c2ccc(Br)cn2)c1. The zero-order valence-electron chi connectivity index (χ0n) is 9.58. The molecule has 0 aliphatic heterocycles. The minimum absolute atomic E-state index is 0.157. The second-order valence-corrected chi connectivity index (χ2v) is 4.71. The highest BCUT2D eigenvalue weighted by molar-refractivity contribution is 9.10. The Balaban J connectivity index is 2.21. The molecule has 92 valence electrons. The van der Waals surface area contributed by atoms with Crippen molar-refractivity contribution in [2.24, 2.45) is 0 Å². The number of amides is 1. The van der Waals surface area contributed by atoms with Crippen molar-refractivity contribution in [3.8, 4) is 0 Å². The quantitative estimate of drug-likeness (QED) is 0.922. The van der Waals surface area contributed by atoms with Gasteiger partial charge in [0.15, 0.2) is 0 Å². The van der Waals surface area contributed by atoms with Gasteiger partial charge in [-0.1, -0.05) is 6.07 Å². The van der Waals surface area contributed by atoms with Gasteiger partial charge in [-0.3, -0.25) is 4.79 Å². The summed E-state index contributed by atoms with van der Waals surface area (Å²) in [5, 5.41) is 2.50. The van der Waals surface area contributed by atoms with E-state index in [1.165, 1.54) is 12.3 Å². The lowest BCUT2D eigenvalue weighted by Crippen LogP contribution is -2.14. The van der Waals surface area contributed by atoms with Crippen LogP contribution in [0.4, 0.5) is 10.1 Å². The predicted molar refractivity (Wildman–Crippen MR) is 71.0 cm³/mol. The number of nitrogens with zero attached hydrogens (tertiary/aromatic N) is 1. The van der Waals surface area contributed by atoms with Gasteiger partial charge >= 0.3 is 0 Å². The minimum atomic E-state index is -0.467. The fourth-order valence-electron chi connectivity index (χ4n) is 1.43. The highest BCUT2D eigenvalue weighted by Crippen LogP contribution is 2.16. The lowest BCUT2D eigenvalue weighted by molar-refractivity contribution is 0.102. The molecule has 0 aliphatic carbocycles. The molecule has 3 nitrogen and oxygen atoms in total. The van der Waals surface area contributed by atoms with Gasteiger partial charge in [-0.05, 0) is 52.7 Å². The van der Waals surface area contributed by atoms with Crippen LogP contribution in [0.25, 0.3) is 0 Å². The summed E-state index contributed by atoms with van der Waals surface area (Å²) in [6.45, 7) is 1.83. The molecule has 2 rings (SSSR count). The molecule has 1 N–H and O–H groups in total. The zero-order valence-corrected chi connectivity index (χ0v) is 11.2. The van der Waals surface area contributed by atoms with E-state index in [0.717, 1.165) is 10.0 Å². The van der Waals surface area contributed by atoms with Crippen LogP contribution in [0.3, 0.4) is 0 Å². The highest BCUT2D eigenvalue weighted by Gasteiger charge is 2.10. The molecule has 2 aromatic rings. The number of aromatic nitrogens is 1. The molecule has 0 spiro atoms. The Morgan fingerprint density at radius 2 is 2.11 bits per heavy atom. The van der Waals surface area contributed by atoms with Gasteiger partial charge in [-0.15, -0.1) is 0 Å². The normalized spacial score (nSPS) is 10.2. The van der Waals surface area contributed by atoms with Gasteiger partial charge in [0, 0.05) is 10.7 Å². The van der Waals surface area contributed by atoms with Crippen molar-refractivity contribution < 1.29 is 9.18 Å². The second-order valence-electron chi connectivity index (χ2n) is 3.80. The second kappa shape index (κ2) is 5.27. The molecule has 5 heteroatoms. The molecule has 0 aliphatic rings. The predicted octanol–water partition coefficient (Wildman–Crippen LogP) is 3.54. The number of carbonyl (C=O) groups is 1. The number of carbonyl (C=O) groups excluding carboxylic acids is 1. The fraction of sp³-hybridized carbons (Fsp3) is 0.0769. The number of pyridine rings is 1. The molecule has 0 atom stereocenters. The first kappa shape index (κ1) is 12.7. The number of rotatable bonds is 2. The van der Waals surface area contributed by atoms with Gasteiger partial charge in [-0.2, -0.15) is 0 Å². The average Bonchev–Trinajstić information content (AvgIpc) is 2.34. The topological polar surface area (TPSA) is 42.0 Å². The van der Waals surface area contributed by atoms with E-state index in [1.807, 2.05) is 6.92 Å². The first-order chi connectivity index (χ1) is 8.56. The molecule has 0 saturated carbocycles. The Morgan fingerprint density at radius 1 is 1.33 bits per heavy atom. The number of benzene rings is 1. The summed E-state index contributed by atoms with van der Waals surface area (Å²) < 4.78 is 14.2. The first-order valence-corrected chi connectivity index (χ1v) is 6.04. The molecule has 0 radical (unpaired) electrons.